The van der Waals surface area contributed by atoms with Crippen molar-refractivity contribution in [1.82, 2.24) is 20.0 Å². The minimum Gasteiger partial charge on any atom is -0.334 e. The summed E-state index contributed by atoms with van der Waals surface area (Å²) in [4.78, 5) is 11.1. The highest BCUT2D eigenvalue weighted by Crippen LogP contribution is 2.23. The quantitative estimate of drug-likeness (QED) is 0.622. The van der Waals surface area contributed by atoms with E-state index in [-0.39, 0.29) is 0 Å². The molecule has 1 aliphatic heterocycles. The molecule has 6 heteroatoms. The summed E-state index contributed by atoms with van der Waals surface area (Å²) in [5.41, 5.74) is 2.18. The number of hydrogen-bond donors (Lipinski definition) is 0. The van der Waals surface area contributed by atoms with Gasteiger partial charge in [0.1, 0.15) is 0 Å². The molecule has 4 rings (SSSR count). The molecule has 0 N–H and O–H groups in total. The van der Waals surface area contributed by atoms with Crippen LogP contribution in [-0.4, -0.2) is 33.1 Å². The zero-order valence-corrected chi connectivity index (χ0v) is 16.0. The Morgan fingerprint density at radius 2 is 2.07 bits per heavy atom. The van der Waals surface area contributed by atoms with Gasteiger partial charge in [-0.2, -0.15) is 4.98 Å². The Hall–Kier alpha value is -2.24. The lowest BCUT2D eigenvalue weighted by Crippen LogP contribution is -2.35. The molecular weight excluding hydrogens is 360 g/mol. The fourth-order valence-corrected chi connectivity index (χ4v) is 3.80. The van der Waals surface area contributed by atoms with Crippen molar-refractivity contribution in [2.45, 2.75) is 32.2 Å². The molecule has 0 amide bonds. The van der Waals surface area contributed by atoms with Gasteiger partial charge in [-0.1, -0.05) is 28.9 Å². The van der Waals surface area contributed by atoms with Crippen LogP contribution in [0.15, 0.2) is 53.3 Å². The second-order valence-electron chi connectivity index (χ2n) is 7.17. The Balaban J connectivity index is 1.29. The lowest BCUT2D eigenvalue weighted by Gasteiger charge is -2.32. The first-order valence-corrected chi connectivity index (χ1v) is 9.84. The number of rotatable bonds is 6. The highest BCUT2D eigenvalue weighted by molar-refractivity contribution is 6.30. The molecule has 1 fully saturated rings. The van der Waals surface area contributed by atoms with Crippen LogP contribution in [0.3, 0.4) is 0 Å². The Morgan fingerprint density at radius 1 is 1.19 bits per heavy atom. The van der Waals surface area contributed by atoms with Crippen LogP contribution in [0.2, 0.25) is 5.02 Å². The van der Waals surface area contributed by atoms with E-state index < -0.39 is 0 Å². The first kappa shape index (κ1) is 18.1. The molecule has 0 aliphatic carbocycles. The first-order chi connectivity index (χ1) is 13.3. The SMILES string of the molecule is Clc1ccc(CN2CCCC(CCc3noc(-c4cccnc4)n3)C2)cc1. The van der Waals surface area contributed by atoms with E-state index in [9.17, 15) is 0 Å². The number of aromatic nitrogens is 3. The van der Waals surface area contributed by atoms with Crippen LogP contribution in [0.4, 0.5) is 0 Å². The van der Waals surface area contributed by atoms with Gasteiger partial charge in [-0.05, 0) is 61.6 Å². The van der Waals surface area contributed by atoms with Crippen LogP contribution < -0.4 is 0 Å². The maximum atomic E-state index is 5.98. The van der Waals surface area contributed by atoms with Crippen molar-refractivity contribution >= 4 is 11.6 Å². The average molecular weight is 383 g/mol. The lowest BCUT2D eigenvalue weighted by molar-refractivity contribution is 0.161. The molecule has 140 valence electrons. The summed E-state index contributed by atoms with van der Waals surface area (Å²) in [6, 6.07) is 12.0. The fraction of sp³-hybridized carbons (Fsp3) is 0.381. The predicted octanol–water partition coefficient (Wildman–Crippen LogP) is 4.63. The Bertz CT molecular complexity index is 850. The van der Waals surface area contributed by atoms with E-state index in [1.54, 1.807) is 12.4 Å². The van der Waals surface area contributed by atoms with Crippen molar-refractivity contribution in [2.24, 2.45) is 5.92 Å². The van der Waals surface area contributed by atoms with Gasteiger partial charge in [0.2, 0.25) is 0 Å². The Kier molecular flexibility index (Phi) is 5.80. The van der Waals surface area contributed by atoms with E-state index in [1.807, 2.05) is 24.3 Å². The van der Waals surface area contributed by atoms with Crippen molar-refractivity contribution in [1.29, 1.82) is 0 Å². The zero-order chi connectivity index (χ0) is 18.5. The summed E-state index contributed by atoms with van der Waals surface area (Å²) in [5, 5.41) is 4.92. The van der Waals surface area contributed by atoms with Gasteiger partial charge in [-0.25, -0.2) is 0 Å². The average Bonchev–Trinajstić information content (AvgIpc) is 3.18. The van der Waals surface area contributed by atoms with Crippen LogP contribution in [0.1, 0.15) is 30.7 Å². The molecule has 3 aromatic rings. The largest absolute Gasteiger partial charge is 0.334 e. The molecule has 0 radical (unpaired) electrons. The van der Waals surface area contributed by atoms with Crippen molar-refractivity contribution in [2.75, 3.05) is 13.1 Å². The van der Waals surface area contributed by atoms with E-state index in [2.05, 4.69) is 32.2 Å². The minimum absolute atomic E-state index is 0.547. The van der Waals surface area contributed by atoms with Crippen LogP contribution in [-0.2, 0) is 13.0 Å². The molecule has 1 aromatic carbocycles. The zero-order valence-electron chi connectivity index (χ0n) is 15.2. The second kappa shape index (κ2) is 8.63. The number of aryl methyl sites for hydroxylation is 1. The van der Waals surface area contributed by atoms with Gasteiger partial charge in [0.25, 0.3) is 5.89 Å². The number of hydrogen-bond acceptors (Lipinski definition) is 5. The van der Waals surface area contributed by atoms with Crippen LogP contribution in [0, 0.1) is 5.92 Å². The molecular formula is C21H23ClN4O. The predicted molar refractivity (Wildman–Crippen MR) is 105 cm³/mol. The lowest BCUT2D eigenvalue weighted by atomic mass is 9.93. The third-order valence-electron chi connectivity index (χ3n) is 5.08. The molecule has 0 bridgehead atoms. The summed E-state index contributed by atoms with van der Waals surface area (Å²) in [5.74, 6) is 2.00. The minimum atomic E-state index is 0.547. The number of likely N-dealkylation sites (tertiary alicyclic amines) is 1. The summed E-state index contributed by atoms with van der Waals surface area (Å²) in [7, 11) is 0. The highest BCUT2D eigenvalue weighted by Gasteiger charge is 2.21. The van der Waals surface area contributed by atoms with Crippen molar-refractivity contribution in [3.8, 4) is 11.5 Å². The smallest absolute Gasteiger partial charge is 0.259 e. The van der Waals surface area contributed by atoms with Crippen molar-refractivity contribution in [3.05, 3.63) is 65.2 Å². The molecule has 0 spiro atoms. The molecule has 1 unspecified atom stereocenters. The van der Waals surface area contributed by atoms with Crippen LogP contribution >= 0.6 is 11.6 Å². The van der Waals surface area contributed by atoms with Crippen molar-refractivity contribution in [3.63, 3.8) is 0 Å². The normalized spacial score (nSPS) is 17.9. The van der Waals surface area contributed by atoms with Crippen molar-refractivity contribution < 1.29 is 4.52 Å². The van der Waals surface area contributed by atoms with Gasteiger partial charge in [0.15, 0.2) is 5.82 Å². The fourth-order valence-electron chi connectivity index (χ4n) is 3.67. The van der Waals surface area contributed by atoms with Gasteiger partial charge in [0, 0.05) is 36.9 Å². The molecule has 0 saturated carbocycles. The second-order valence-corrected chi connectivity index (χ2v) is 7.60. The van der Waals surface area contributed by atoms with E-state index in [1.165, 1.54) is 18.4 Å². The summed E-state index contributed by atoms with van der Waals surface area (Å²) in [6.45, 7) is 3.27. The van der Waals surface area contributed by atoms with Gasteiger partial charge < -0.3 is 4.52 Å². The highest BCUT2D eigenvalue weighted by atomic mass is 35.5. The molecule has 1 saturated heterocycles. The van der Waals surface area contributed by atoms with Gasteiger partial charge in [0.05, 0.1) is 5.56 Å². The van der Waals surface area contributed by atoms with Crippen LogP contribution in [0.25, 0.3) is 11.5 Å². The number of piperidine rings is 1. The Morgan fingerprint density at radius 3 is 2.89 bits per heavy atom. The molecule has 5 nitrogen and oxygen atoms in total. The van der Waals surface area contributed by atoms with E-state index in [4.69, 9.17) is 16.1 Å². The maximum absolute atomic E-state index is 5.98. The molecule has 2 aromatic heterocycles. The number of nitrogens with zero attached hydrogens (tertiary/aromatic N) is 4. The first-order valence-electron chi connectivity index (χ1n) is 9.46. The summed E-state index contributed by atoms with van der Waals surface area (Å²) in [6.07, 6.45) is 7.93. The van der Waals surface area contributed by atoms with Gasteiger partial charge in [-0.3, -0.25) is 9.88 Å². The maximum Gasteiger partial charge on any atom is 0.259 e. The summed E-state index contributed by atoms with van der Waals surface area (Å²) < 4.78 is 5.38. The monoisotopic (exact) mass is 382 g/mol. The number of halogens is 1. The van der Waals surface area contributed by atoms with Crippen LogP contribution in [0.5, 0.6) is 0 Å². The summed E-state index contributed by atoms with van der Waals surface area (Å²) >= 11 is 5.98. The van der Waals surface area contributed by atoms with E-state index >= 15 is 0 Å². The third kappa shape index (κ3) is 4.93. The molecule has 1 aliphatic rings. The van der Waals surface area contributed by atoms with E-state index in [0.717, 1.165) is 48.9 Å². The topological polar surface area (TPSA) is 55.1 Å². The Labute approximate surface area is 164 Å². The van der Waals surface area contributed by atoms with Gasteiger partial charge in [-0.15, -0.1) is 0 Å². The molecule has 27 heavy (non-hydrogen) atoms. The standard InChI is InChI=1S/C21H23ClN4O/c22-19-8-5-17(6-9-19)15-26-12-2-3-16(14-26)7-10-20-24-21(27-25-20)18-4-1-11-23-13-18/h1,4-6,8-9,11,13,16H,2-3,7,10,12,14-15H2. The third-order valence-corrected chi connectivity index (χ3v) is 5.33. The van der Waals surface area contributed by atoms with Gasteiger partial charge >= 0.3 is 0 Å². The molecule has 1 atom stereocenters. The number of benzene rings is 1. The molecule has 3 heterocycles. The van der Waals surface area contributed by atoms with E-state index in [0.29, 0.717) is 11.8 Å². The number of pyridine rings is 1.